The molecule has 0 spiro atoms. The molecule has 0 atom stereocenters. The third-order valence-electron chi connectivity index (χ3n) is 7.62. The summed E-state index contributed by atoms with van der Waals surface area (Å²) in [5.74, 6) is -0.412. The van der Waals surface area contributed by atoms with E-state index >= 15 is 0 Å². The Morgan fingerprint density at radius 1 is 1.00 bits per heavy atom. The molecule has 9 heteroatoms. The first-order chi connectivity index (χ1) is 18.6. The van der Waals surface area contributed by atoms with Crippen molar-refractivity contribution in [2.75, 3.05) is 29.9 Å². The Hall–Kier alpha value is -3.69. The number of benzene rings is 1. The minimum absolute atomic E-state index is 0.0642. The van der Waals surface area contributed by atoms with E-state index in [2.05, 4.69) is 23.3 Å². The van der Waals surface area contributed by atoms with Gasteiger partial charge in [0.1, 0.15) is 11.0 Å². The Bertz CT molecular complexity index is 1600. The van der Waals surface area contributed by atoms with Crippen LogP contribution in [0.1, 0.15) is 36.8 Å². The number of rotatable bonds is 8. The van der Waals surface area contributed by atoms with Crippen molar-refractivity contribution in [2.24, 2.45) is 5.41 Å². The van der Waals surface area contributed by atoms with Crippen LogP contribution >= 0.6 is 11.3 Å². The van der Waals surface area contributed by atoms with Gasteiger partial charge in [0.05, 0.1) is 23.0 Å². The lowest BCUT2D eigenvalue weighted by Crippen LogP contribution is -2.47. The quantitative estimate of drug-likeness (QED) is 0.290. The fourth-order valence-corrected chi connectivity index (χ4v) is 6.17. The van der Waals surface area contributed by atoms with Gasteiger partial charge in [-0.1, -0.05) is 6.07 Å². The van der Waals surface area contributed by atoms with Crippen LogP contribution in [0.4, 0.5) is 11.4 Å². The van der Waals surface area contributed by atoms with E-state index in [-0.39, 0.29) is 17.4 Å². The molecule has 2 amide bonds. The molecule has 1 aliphatic rings. The molecule has 0 aliphatic carbocycles. The van der Waals surface area contributed by atoms with Gasteiger partial charge < -0.3 is 18.8 Å². The molecule has 39 heavy (non-hydrogen) atoms. The molecule has 0 unspecified atom stereocenters. The van der Waals surface area contributed by atoms with Gasteiger partial charge in [-0.2, -0.15) is 0 Å². The molecule has 4 heterocycles. The van der Waals surface area contributed by atoms with Crippen molar-refractivity contribution in [3.05, 3.63) is 80.6 Å². The first-order valence-corrected chi connectivity index (χ1v) is 14.0. The fraction of sp³-hybridized carbons (Fsp3) is 0.367. The summed E-state index contributed by atoms with van der Waals surface area (Å²) in [6.07, 6.45) is 3.32. The summed E-state index contributed by atoms with van der Waals surface area (Å²) in [6, 6.07) is 11.7. The molecule has 0 saturated carbocycles. The average Bonchev–Trinajstić information content (AvgIpc) is 3.56. The molecule has 1 aromatic carbocycles. The second-order valence-corrected chi connectivity index (χ2v) is 11.6. The van der Waals surface area contributed by atoms with E-state index in [1.54, 1.807) is 58.9 Å². The fourth-order valence-electron chi connectivity index (χ4n) is 5.22. The summed E-state index contributed by atoms with van der Waals surface area (Å²) in [5, 5.41) is 2.68. The summed E-state index contributed by atoms with van der Waals surface area (Å²) in [4.78, 5) is 46.4. The molecular weight excluding hydrogens is 512 g/mol. The molecule has 0 radical (unpaired) electrons. The number of aryl methyl sites for hydroxylation is 1. The lowest BCUT2D eigenvalue weighted by atomic mass is 9.90. The van der Waals surface area contributed by atoms with Crippen molar-refractivity contribution in [3.8, 4) is 0 Å². The highest BCUT2D eigenvalue weighted by Gasteiger charge is 2.45. The van der Waals surface area contributed by atoms with E-state index < -0.39 is 5.41 Å². The lowest BCUT2D eigenvalue weighted by molar-refractivity contribution is -0.137. The minimum atomic E-state index is -1.14. The monoisotopic (exact) mass is 546 g/mol. The van der Waals surface area contributed by atoms with E-state index in [0.29, 0.717) is 37.1 Å². The highest BCUT2D eigenvalue weighted by molar-refractivity contribution is 7.10. The maximum atomic E-state index is 13.3. The Labute approximate surface area is 232 Å². The van der Waals surface area contributed by atoms with E-state index in [0.717, 1.165) is 23.5 Å². The van der Waals surface area contributed by atoms with E-state index in [1.807, 2.05) is 31.2 Å². The van der Waals surface area contributed by atoms with Gasteiger partial charge in [0.25, 0.3) is 5.56 Å². The summed E-state index contributed by atoms with van der Waals surface area (Å²) < 4.78 is 7.10. The standard InChI is InChI=1S/C30H34N4O4S/c1-6-34-23-8-7-21(17-24(23)31(5)28(36)30(3,4)29(34)37)18-32(19-26-20(2)11-16-39-26)13-14-33-12-9-25-22(27(33)35)10-15-38-25/h7-12,15-17H,6,13-14,18-19H2,1-5H3. The molecule has 0 bridgehead atoms. The largest absolute Gasteiger partial charge is 0.464 e. The molecule has 0 saturated heterocycles. The normalized spacial score (nSPS) is 15.3. The van der Waals surface area contributed by atoms with Gasteiger partial charge in [0.2, 0.25) is 11.8 Å². The molecule has 0 N–H and O–H groups in total. The van der Waals surface area contributed by atoms with Gasteiger partial charge in [-0.05, 0) is 74.5 Å². The summed E-state index contributed by atoms with van der Waals surface area (Å²) in [7, 11) is 1.74. The molecule has 4 aromatic rings. The minimum Gasteiger partial charge on any atom is -0.464 e. The van der Waals surface area contributed by atoms with Crippen LogP contribution in [0.25, 0.3) is 11.0 Å². The second kappa shape index (κ2) is 10.5. The first-order valence-electron chi connectivity index (χ1n) is 13.2. The number of aromatic nitrogens is 1. The maximum absolute atomic E-state index is 13.3. The number of hydrogen-bond donors (Lipinski definition) is 0. The summed E-state index contributed by atoms with van der Waals surface area (Å²) in [6.45, 7) is 10.4. The van der Waals surface area contributed by atoms with Crippen LogP contribution < -0.4 is 15.4 Å². The number of furan rings is 1. The zero-order chi connectivity index (χ0) is 27.9. The average molecular weight is 547 g/mol. The Balaban J connectivity index is 1.45. The van der Waals surface area contributed by atoms with Crippen molar-refractivity contribution in [3.63, 3.8) is 0 Å². The number of anilines is 2. The van der Waals surface area contributed by atoms with Crippen molar-refractivity contribution in [2.45, 2.75) is 47.3 Å². The highest BCUT2D eigenvalue weighted by Crippen LogP contribution is 2.39. The predicted molar refractivity (Wildman–Crippen MR) is 155 cm³/mol. The van der Waals surface area contributed by atoms with Gasteiger partial charge in [0, 0.05) is 50.8 Å². The van der Waals surface area contributed by atoms with Crippen molar-refractivity contribution in [1.82, 2.24) is 9.47 Å². The molecule has 1 aliphatic heterocycles. The number of nitrogens with zero attached hydrogens (tertiary/aromatic N) is 4. The Morgan fingerprint density at radius 2 is 1.79 bits per heavy atom. The van der Waals surface area contributed by atoms with Crippen LogP contribution in [-0.4, -0.2) is 41.4 Å². The van der Waals surface area contributed by atoms with Crippen LogP contribution in [0.15, 0.2) is 63.4 Å². The third kappa shape index (κ3) is 4.92. The molecular formula is C30H34N4O4S. The number of fused-ring (bicyclic) bond motifs is 2. The van der Waals surface area contributed by atoms with Crippen LogP contribution in [-0.2, 0) is 29.2 Å². The highest BCUT2D eigenvalue weighted by atomic mass is 32.1. The van der Waals surface area contributed by atoms with Gasteiger partial charge >= 0.3 is 0 Å². The van der Waals surface area contributed by atoms with Crippen LogP contribution in [0, 0.1) is 12.3 Å². The number of pyridine rings is 1. The zero-order valence-corrected chi connectivity index (χ0v) is 23.9. The molecule has 5 rings (SSSR count). The van der Waals surface area contributed by atoms with Gasteiger partial charge in [-0.15, -0.1) is 11.3 Å². The lowest BCUT2D eigenvalue weighted by Gasteiger charge is -2.27. The van der Waals surface area contributed by atoms with Crippen LogP contribution in [0.2, 0.25) is 0 Å². The third-order valence-corrected chi connectivity index (χ3v) is 8.63. The van der Waals surface area contributed by atoms with Crippen molar-refractivity contribution >= 4 is 45.5 Å². The van der Waals surface area contributed by atoms with E-state index in [1.165, 1.54) is 16.7 Å². The first kappa shape index (κ1) is 26.9. The zero-order valence-electron chi connectivity index (χ0n) is 23.1. The summed E-state index contributed by atoms with van der Waals surface area (Å²) >= 11 is 1.73. The molecule has 8 nitrogen and oxygen atoms in total. The number of carbonyl (C=O) groups excluding carboxylic acids is 2. The van der Waals surface area contributed by atoms with Crippen LogP contribution in [0.5, 0.6) is 0 Å². The van der Waals surface area contributed by atoms with Crippen molar-refractivity contribution in [1.29, 1.82) is 0 Å². The molecule has 0 fully saturated rings. The van der Waals surface area contributed by atoms with E-state index in [9.17, 15) is 14.4 Å². The topological polar surface area (TPSA) is 79.0 Å². The Kier molecular flexibility index (Phi) is 7.22. The summed E-state index contributed by atoms with van der Waals surface area (Å²) in [5.41, 5.74) is 3.13. The number of amides is 2. The number of thiophene rings is 1. The van der Waals surface area contributed by atoms with Crippen LogP contribution in [0.3, 0.4) is 0 Å². The number of carbonyl (C=O) groups is 2. The maximum Gasteiger partial charge on any atom is 0.261 e. The van der Waals surface area contributed by atoms with Gasteiger partial charge in [-0.25, -0.2) is 0 Å². The molecule has 3 aromatic heterocycles. The van der Waals surface area contributed by atoms with E-state index in [4.69, 9.17) is 4.42 Å². The SMILES string of the molecule is CCN1C(=O)C(C)(C)C(=O)N(C)c2cc(CN(CCn3ccc4occc4c3=O)Cc3sccc3C)ccc21. The Morgan fingerprint density at radius 3 is 2.51 bits per heavy atom. The predicted octanol–water partition coefficient (Wildman–Crippen LogP) is 5.02. The van der Waals surface area contributed by atoms with Gasteiger partial charge in [0.15, 0.2) is 0 Å². The molecule has 204 valence electrons. The number of hydrogen-bond acceptors (Lipinski definition) is 6. The van der Waals surface area contributed by atoms with Gasteiger partial charge in [-0.3, -0.25) is 19.3 Å². The second-order valence-electron chi connectivity index (χ2n) is 10.6. The smallest absolute Gasteiger partial charge is 0.261 e. The van der Waals surface area contributed by atoms with Crippen molar-refractivity contribution < 1.29 is 14.0 Å².